The van der Waals surface area contributed by atoms with Crippen LogP contribution in [0.1, 0.15) is 32.1 Å². The molecule has 2 aromatic heterocycles. The number of carbonyl (C=O) groups is 2. The van der Waals surface area contributed by atoms with Crippen molar-refractivity contribution in [3.05, 3.63) is 39.4 Å². The number of rotatable bonds is 6. The summed E-state index contributed by atoms with van der Waals surface area (Å²) in [5, 5.41) is 10.8. The molecular weight excluding hydrogens is 449 g/mol. The predicted octanol–water partition coefficient (Wildman–Crippen LogP) is 1.92. The van der Waals surface area contributed by atoms with Crippen LogP contribution in [0.25, 0.3) is 0 Å². The fourth-order valence-electron chi connectivity index (χ4n) is 2.49. The molecule has 0 saturated heterocycles. The number of alkyl halides is 3. The van der Waals surface area contributed by atoms with Crippen LogP contribution in [-0.4, -0.2) is 37.1 Å². The Morgan fingerprint density at radius 3 is 2.43 bits per heavy atom. The predicted molar refractivity (Wildman–Crippen MR) is 102 cm³/mol. The van der Waals surface area contributed by atoms with Gasteiger partial charge in [-0.05, 0) is 37.1 Å². The summed E-state index contributed by atoms with van der Waals surface area (Å²) in [7, 11) is -4.34. The Balaban J connectivity index is 2.30. The SMILES string of the molecule is Cc1cc(S(=O)(=O)NC(=O)Nc2cc(C(F)(F)F)c(C)c(C(N)=O)n2)sc1CCO. The van der Waals surface area contributed by atoms with Crippen LogP contribution in [0.15, 0.2) is 16.3 Å². The monoisotopic (exact) mass is 466 g/mol. The molecule has 9 nitrogen and oxygen atoms in total. The van der Waals surface area contributed by atoms with Crippen LogP contribution in [0.2, 0.25) is 0 Å². The minimum Gasteiger partial charge on any atom is -0.396 e. The second-order valence-corrected chi connectivity index (χ2v) is 9.14. The van der Waals surface area contributed by atoms with Gasteiger partial charge >= 0.3 is 12.2 Å². The first-order chi connectivity index (χ1) is 13.8. The van der Waals surface area contributed by atoms with Gasteiger partial charge in [0.15, 0.2) is 0 Å². The lowest BCUT2D eigenvalue weighted by Crippen LogP contribution is -2.34. The molecule has 2 rings (SSSR count). The van der Waals surface area contributed by atoms with Gasteiger partial charge in [-0.3, -0.25) is 10.1 Å². The van der Waals surface area contributed by atoms with E-state index in [-0.39, 0.29) is 17.2 Å². The van der Waals surface area contributed by atoms with Gasteiger partial charge in [0.2, 0.25) is 0 Å². The van der Waals surface area contributed by atoms with Gasteiger partial charge in [0.25, 0.3) is 15.9 Å². The fraction of sp³-hybridized carbons (Fsp3) is 0.312. The molecule has 0 spiro atoms. The van der Waals surface area contributed by atoms with Crippen LogP contribution in [0.5, 0.6) is 0 Å². The van der Waals surface area contributed by atoms with Gasteiger partial charge in [-0.1, -0.05) is 0 Å². The number of aliphatic hydroxyl groups is 1. The number of halogens is 3. The number of thiophene rings is 1. The largest absolute Gasteiger partial charge is 0.416 e. The van der Waals surface area contributed by atoms with Crippen molar-refractivity contribution < 1.29 is 36.3 Å². The highest BCUT2D eigenvalue weighted by atomic mass is 32.2. The van der Waals surface area contributed by atoms with Gasteiger partial charge in [-0.25, -0.2) is 22.9 Å². The quantitative estimate of drug-likeness (QED) is 0.511. The maximum Gasteiger partial charge on any atom is 0.416 e. The normalized spacial score (nSPS) is 11.9. The lowest BCUT2D eigenvalue weighted by molar-refractivity contribution is -0.138. The number of nitrogens with two attached hydrogens (primary N) is 1. The zero-order valence-electron chi connectivity index (χ0n) is 15.6. The second kappa shape index (κ2) is 8.57. The molecule has 0 fully saturated rings. The summed E-state index contributed by atoms with van der Waals surface area (Å²) in [6, 6.07) is 0.370. The lowest BCUT2D eigenvalue weighted by atomic mass is 10.1. The van der Waals surface area contributed by atoms with E-state index in [0.29, 0.717) is 16.5 Å². The third-order valence-corrected chi connectivity index (χ3v) is 6.98. The summed E-state index contributed by atoms with van der Waals surface area (Å²) in [5.41, 5.74) is 3.13. The van der Waals surface area contributed by atoms with Crippen molar-refractivity contribution in [1.29, 1.82) is 0 Å². The number of amides is 3. The van der Waals surface area contributed by atoms with Gasteiger partial charge < -0.3 is 10.8 Å². The van der Waals surface area contributed by atoms with Crippen molar-refractivity contribution in [2.24, 2.45) is 5.73 Å². The number of pyridine rings is 1. The van der Waals surface area contributed by atoms with E-state index in [1.54, 1.807) is 11.6 Å². The van der Waals surface area contributed by atoms with E-state index >= 15 is 0 Å². The third-order valence-electron chi connectivity index (χ3n) is 3.88. The van der Waals surface area contributed by atoms with E-state index in [1.807, 2.05) is 5.32 Å². The van der Waals surface area contributed by atoms with Crippen molar-refractivity contribution in [3.63, 3.8) is 0 Å². The van der Waals surface area contributed by atoms with E-state index in [0.717, 1.165) is 18.3 Å². The summed E-state index contributed by atoms with van der Waals surface area (Å²) in [5.74, 6) is -1.96. The molecule has 0 aromatic carbocycles. The standard InChI is InChI=1S/C16H17F3N4O5S2/c1-7-5-12(29-10(7)3-4-24)30(27,28)23-15(26)22-11-6-9(16(17,18)19)8(2)13(21-11)14(20)25/h5-6,24H,3-4H2,1-2H3,(H2,20,25)(H2,21,22,23,26). The van der Waals surface area contributed by atoms with Crippen LogP contribution < -0.4 is 15.8 Å². The molecule has 0 radical (unpaired) electrons. The van der Waals surface area contributed by atoms with E-state index < -0.39 is 50.8 Å². The average molecular weight is 466 g/mol. The van der Waals surface area contributed by atoms with Gasteiger partial charge in [0, 0.05) is 17.9 Å². The van der Waals surface area contributed by atoms with Gasteiger partial charge in [-0.15, -0.1) is 11.3 Å². The summed E-state index contributed by atoms with van der Waals surface area (Å²) in [6.07, 6.45) is -4.64. The number of primary amides is 1. The molecule has 30 heavy (non-hydrogen) atoms. The number of carbonyl (C=O) groups excluding carboxylic acids is 2. The van der Waals surface area contributed by atoms with Crippen LogP contribution in [0.4, 0.5) is 23.8 Å². The Labute approximate surface area is 173 Å². The van der Waals surface area contributed by atoms with Crippen LogP contribution in [0, 0.1) is 13.8 Å². The van der Waals surface area contributed by atoms with Crippen LogP contribution in [-0.2, 0) is 22.6 Å². The molecule has 0 atom stereocenters. The molecular formula is C16H17F3N4O5S2. The zero-order valence-corrected chi connectivity index (χ0v) is 17.3. The summed E-state index contributed by atoms with van der Waals surface area (Å²) < 4.78 is 65.7. The molecule has 0 aliphatic carbocycles. The third kappa shape index (κ3) is 5.25. The number of hydrogen-bond donors (Lipinski definition) is 4. The molecule has 2 aromatic rings. The summed E-state index contributed by atoms with van der Waals surface area (Å²) in [4.78, 5) is 27.6. The van der Waals surface area contributed by atoms with Crippen LogP contribution in [0.3, 0.4) is 0 Å². The number of urea groups is 1. The Kier molecular flexibility index (Phi) is 6.73. The second-order valence-electron chi connectivity index (χ2n) is 6.10. The molecule has 0 bridgehead atoms. The highest BCUT2D eigenvalue weighted by molar-refractivity contribution is 7.92. The first-order valence-electron chi connectivity index (χ1n) is 8.19. The first-order valence-corrected chi connectivity index (χ1v) is 10.5. The molecule has 5 N–H and O–H groups in total. The number of nitrogens with zero attached hydrogens (tertiary/aromatic N) is 1. The zero-order chi connectivity index (χ0) is 22.9. The molecule has 14 heteroatoms. The highest BCUT2D eigenvalue weighted by Crippen LogP contribution is 2.34. The molecule has 2 heterocycles. The number of aryl methyl sites for hydroxylation is 1. The van der Waals surface area contributed by atoms with Crippen molar-refractivity contribution >= 4 is 39.1 Å². The van der Waals surface area contributed by atoms with Crippen molar-refractivity contribution in [1.82, 2.24) is 9.71 Å². The van der Waals surface area contributed by atoms with Gasteiger partial charge in [0.1, 0.15) is 15.7 Å². The topological polar surface area (TPSA) is 151 Å². The Morgan fingerprint density at radius 2 is 1.90 bits per heavy atom. The maximum atomic E-state index is 13.2. The number of aliphatic hydroxyl groups excluding tert-OH is 1. The van der Waals surface area contributed by atoms with Crippen molar-refractivity contribution in [2.45, 2.75) is 30.7 Å². The molecule has 0 aliphatic rings. The number of sulfonamides is 1. The molecule has 0 aliphatic heterocycles. The number of hydrogen-bond acceptors (Lipinski definition) is 7. The minimum absolute atomic E-state index is 0.197. The van der Waals surface area contributed by atoms with Crippen LogP contribution >= 0.6 is 11.3 Å². The van der Waals surface area contributed by atoms with E-state index in [1.165, 1.54) is 6.07 Å². The Hall–Kier alpha value is -2.71. The lowest BCUT2D eigenvalue weighted by Gasteiger charge is -2.15. The average Bonchev–Trinajstić information content (AvgIpc) is 2.96. The first kappa shape index (κ1) is 23.6. The van der Waals surface area contributed by atoms with Crippen molar-refractivity contribution in [2.75, 3.05) is 11.9 Å². The number of aromatic nitrogens is 1. The Morgan fingerprint density at radius 1 is 1.27 bits per heavy atom. The Bertz CT molecular complexity index is 1100. The maximum absolute atomic E-state index is 13.2. The van der Waals surface area contributed by atoms with E-state index in [9.17, 15) is 31.2 Å². The van der Waals surface area contributed by atoms with Gasteiger partial charge in [-0.2, -0.15) is 13.2 Å². The number of anilines is 1. The summed E-state index contributed by atoms with van der Waals surface area (Å²) >= 11 is 0.837. The summed E-state index contributed by atoms with van der Waals surface area (Å²) in [6.45, 7) is 2.42. The van der Waals surface area contributed by atoms with E-state index in [2.05, 4.69) is 4.98 Å². The highest BCUT2D eigenvalue weighted by Gasteiger charge is 2.35. The molecule has 164 valence electrons. The molecule has 0 saturated carbocycles. The molecule has 0 unspecified atom stereocenters. The van der Waals surface area contributed by atoms with Crippen molar-refractivity contribution in [3.8, 4) is 0 Å². The fourth-order valence-corrected chi connectivity index (χ4v) is 4.98. The molecule has 3 amide bonds. The smallest absolute Gasteiger partial charge is 0.396 e. The van der Waals surface area contributed by atoms with E-state index in [4.69, 9.17) is 10.8 Å². The number of nitrogens with one attached hydrogen (secondary N) is 2. The van der Waals surface area contributed by atoms with Gasteiger partial charge in [0.05, 0.1) is 5.56 Å². The minimum atomic E-state index is -4.87.